The Morgan fingerprint density at radius 2 is 1.94 bits per heavy atom. The molecule has 0 unspecified atom stereocenters. The summed E-state index contributed by atoms with van der Waals surface area (Å²) in [6.07, 6.45) is 0. The number of fused-ring (bicyclic) bond motifs is 1. The van der Waals surface area contributed by atoms with Crippen LogP contribution in [0.2, 0.25) is 6.82 Å². The number of hydrogen-bond acceptors (Lipinski definition) is 1. The fourth-order valence-electron chi connectivity index (χ4n) is 2.22. The number of phenols is 1. The van der Waals surface area contributed by atoms with Crippen LogP contribution < -0.4 is 5.46 Å². The molecule has 0 saturated carbocycles. The highest BCUT2D eigenvalue weighted by Crippen LogP contribution is 2.29. The third kappa shape index (κ3) is 2.02. The monoisotopic (exact) mass is 229 g/mol. The first-order valence-corrected chi connectivity index (χ1v) is 5.79. The van der Waals surface area contributed by atoms with Gasteiger partial charge in [-0.25, -0.2) is 4.39 Å². The van der Waals surface area contributed by atoms with Gasteiger partial charge in [-0.05, 0) is 45.9 Å². The second kappa shape index (κ2) is 4.40. The number of phenolic OH excluding ortho intramolecular Hbond substituents is 1. The zero-order chi connectivity index (χ0) is 12.6. The van der Waals surface area contributed by atoms with Gasteiger partial charge in [-0.3, -0.25) is 0 Å². The van der Waals surface area contributed by atoms with Crippen LogP contribution in [-0.2, 0) is 0 Å². The average molecular weight is 229 g/mol. The van der Waals surface area contributed by atoms with Gasteiger partial charge in [0.2, 0.25) is 0 Å². The van der Waals surface area contributed by atoms with Gasteiger partial charge >= 0.3 is 0 Å². The van der Waals surface area contributed by atoms with Gasteiger partial charge in [-0.1, -0.05) is 26.7 Å². The number of rotatable bonds is 2. The van der Waals surface area contributed by atoms with Gasteiger partial charge in [0.05, 0.1) is 0 Å². The average Bonchev–Trinajstić information content (AvgIpc) is 2.28. The van der Waals surface area contributed by atoms with E-state index in [0.29, 0.717) is 5.46 Å². The summed E-state index contributed by atoms with van der Waals surface area (Å²) < 4.78 is 13.8. The number of halogens is 1. The van der Waals surface area contributed by atoms with E-state index in [2.05, 4.69) is 0 Å². The lowest BCUT2D eigenvalue weighted by molar-refractivity contribution is 0.475. The molecule has 0 heterocycles. The van der Waals surface area contributed by atoms with Gasteiger partial charge in [0.1, 0.15) is 11.6 Å². The molecule has 0 aliphatic rings. The molecule has 0 atom stereocenters. The fraction of sp³-hybridized carbons (Fsp3) is 0.286. The Balaban J connectivity index is 2.91. The molecular weight excluding hydrogens is 214 g/mol. The lowest BCUT2D eigenvalue weighted by Gasteiger charge is -2.15. The van der Waals surface area contributed by atoms with Gasteiger partial charge in [0.15, 0.2) is 7.28 Å². The molecule has 0 fully saturated rings. The first-order chi connectivity index (χ1) is 8.04. The highest BCUT2D eigenvalue weighted by Gasteiger charge is 2.13. The van der Waals surface area contributed by atoms with Crippen molar-refractivity contribution in [3.8, 4) is 5.75 Å². The molecule has 0 spiro atoms. The van der Waals surface area contributed by atoms with E-state index < -0.39 is 0 Å². The Labute approximate surface area is 102 Å². The quantitative estimate of drug-likeness (QED) is 0.784. The zero-order valence-electron chi connectivity index (χ0n) is 10.3. The topological polar surface area (TPSA) is 20.2 Å². The van der Waals surface area contributed by atoms with Crippen LogP contribution in [-0.4, -0.2) is 12.4 Å². The summed E-state index contributed by atoms with van der Waals surface area (Å²) in [5.74, 6) is 0.257. The summed E-state index contributed by atoms with van der Waals surface area (Å²) in [5.41, 5.74) is 1.60. The van der Waals surface area contributed by atoms with Crippen molar-refractivity contribution in [1.29, 1.82) is 0 Å². The summed E-state index contributed by atoms with van der Waals surface area (Å²) in [6.45, 7) is 5.91. The maximum atomic E-state index is 13.8. The minimum Gasteiger partial charge on any atom is -0.508 e. The smallest absolute Gasteiger partial charge is 0.153 e. The van der Waals surface area contributed by atoms with Crippen LogP contribution in [0.5, 0.6) is 5.75 Å². The van der Waals surface area contributed by atoms with E-state index >= 15 is 0 Å². The number of benzene rings is 2. The highest BCUT2D eigenvalue weighted by molar-refractivity contribution is 6.56. The van der Waals surface area contributed by atoms with Crippen LogP contribution in [0.25, 0.3) is 10.8 Å². The summed E-state index contributed by atoms with van der Waals surface area (Å²) >= 11 is 0. The normalized spacial score (nSPS) is 11.1. The molecule has 3 heteroatoms. The molecular formula is C14H15BFO. The van der Waals surface area contributed by atoms with Crippen molar-refractivity contribution >= 4 is 23.5 Å². The first kappa shape index (κ1) is 12.0. The SMILES string of the molecule is C[B]c1c(F)ccc2cc(O)cc(C(C)C)c12. The molecule has 2 aromatic rings. The van der Waals surface area contributed by atoms with Crippen molar-refractivity contribution in [3.63, 3.8) is 0 Å². The second-order valence-electron chi connectivity index (χ2n) is 4.54. The first-order valence-electron chi connectivity index (χ1n) is 5.79. The summed E-state index contributed by atoms with van der Waals surface area (Å²) in [6, 6.07) is 6.55. The molecule has 0 aromatic heterocycles. The predicted octanol–water partition coefficient (Wildman–Crippen LogP) is 3.19. The van der Waals surface area contributed by atoms with Crippen LogP contribution in [0.4, 0.5) is 4.39 Å². The summed E-state index contributed by atoms with van der Waals surface area (Å²) in [5, 5.41) is 11.5. The lowest BCUT2D eigenvalue weighted by Crippen LogP contribution is -2.18. The molecule has 0 amide bonds. The van der Waals surface area contributed by atoms with Crippen molar-refractivity contribution in [2.24, 2.45) is 0 Å². The van der Waals surface area contributed by atoms with Crippen molar-refractivity contribution < 1.29 is 9.50 Å². The molecule has 0 aliphatic carbocycles. The Morgan fingerprint density at radius 1 is 1.24 bits per heavy atom. The maximum Gasteiger partial charge on any atom is 0.153 e. The number of aromatic hydroxyl groups is 1. The molecule has 17 heavy (non-hydrogen) atoms. The second-order valence-corrected chi connectivity index (χ2v) is 4.54. The van der Waals surface area contributed by atoms with Gasteiger partial charge in [-0.2, -0.15) is 0 Å². The van der Waals surface area contributed by atoms with Crippen LogP contribution in [0.15, 0.2) is 24.3 Å². The Kier molecular flexibility index (Phi) is 3.10. The number of hydrogen-bond donors (Lipinski definition) is 1. The fourth-order valence-corrected chi connectivity index (χ4v) is 2.22. The van der Waals surface area contributed by atoms with Crippen LogP contribution in [0.1, 0.15) is 25.3 Å². The van der Waals surface area contributed by atoms with E-state index in [-0.39, 0.29) is 17.5 Å². The molecule has 0 saturated heterocycles. The third-order valence-electron chi connectivity index (χ3n) is 3.03. The van der Waals surface area contributed by atoms with Crippen LogP contribution in [0.3, 0.4) is 0 Å². The Bertz CT molecular complexity index is 564. The van der Waals surface area contributed by atoms with Crippen molar-refractivity contribution in [3.05, 3.63) is 35.6 Å². The molecule has 2 aromatic carbocycles. The van der Waals surface area contributed by atoms with E-state index in [1.807, 2.05) is 20.7 Å². The highest BCUT2D eigenvalue weighted by atomic mass is 19.1. The maximum absolute atomic E-state index is 13.8. The molecule has 1 nitrogen and oxygen atoms in total. The molecule has 2 rings (SSSR count). The standard InChI is InChI=1S/C14H15BFO/c1-8(2)11-7-10(17)6-9-4-5-12(16)14(15-3)13(9)11/h4-8,17H,1-3H3. The van der Waals surface area contributed by atoms with E-state index in [4.69, 9.17) is 0 Å². The van der Waals surface area contributed by atoms with Crippen LogP contribution >= 0.6 is 0 Å². The largest absolute Gasteiger partial charge is 0.508 e. The molecule has 0 bridgehead atoms. The lowest BCUT2D eigenvalue weighted by atomic mass is 9.69. The molecule has 0 aliphatic heterocycles. The Hall–Kier alpha value is -1.51. The molecule has 1 radical (unpaired) electrons. The molecule has 1 N–H and O–H groups in total. The van der Waals surface area contributed by atoms with Gasteiger partial charge in [0.25, 0.3) is 0 Å². The van der Waals surface area contributed by atoms with Crippen molar-refractivity contribution in [2.45, 2.75) is 26.6 Å². The van der Waals surface area contributed by atoms with Gasteiger partial charge in [0, 0.05) is 0 Å². The van der Waals surface area contributed by atoms with E-state index in [0.717, 1.165) is 16.3 Å². The van der Waals surface area contributed by atoms with E-state index in [1.165, 1.54) is 6.07 Å². The zero-order valence-corrected chi connectivity index (χ0v) is 10.3. The van der Waals surface area contributed by atoms with Gasteiger partial charge in [-0.15, -0.1) is 0 Å². The van der Waals surface area contributed by atoms with Crippen molar-refractivity contribution in [2.75, 3.05) is 0 Å². The van der Waals surface area contributed by atoms with Crippen molar-refractivity contribution in [1.82, 2.24) is 0 Å². The Morgan fingerprint density at radius 3 is 2.53 bits per heavy atom. The minimum atomic E-state index is -0.215. The predicted molar refractivity (Wildman–Crippen MR) is 70.9 cm³/mol. The molecule has 87 valence electrons. The minimum absolute atomic E-state index is 0.215. The van der Waals surface area contributed by atoms with Gasteiger partial charge < -0.3 is 5.11 Å². The third-order valence-corrected chi connectivity index (χ3v) is 3.03. The van der Waals surface area contributed by atoms with E-state index in [1.54, 1.807) is 25.5 Å². The summed E-state index contributed by atoms with van der Waals surface area (Å²) in [7, 11) is 1.78. The van der Waals surface area contributed by atoms with E-state index in [9.17, 15) is 9.50 Å². The van der Waals surface area contributed by atoms with Crippen LogP contribution in [0, 0.1) is 5.82 Å². The summed E-state index contributed by atoms with van der Waals surface area (Å²) in [4.78, 5) is 0.